The summed E-state index contributed by atoms with van der Waals surface area (Å²) in [7, 11) is 1.64. The topological polar surface area (TPSA) is 41.6 Å². The van der Waals surface area contributed by atoms with Gasteiger partial charge in [-0.2, -0.15) is 0 Å². The van der Waals surface area contributed by atoms with Crippen molar-refractivity contribution in [3.8, 4) is 5.75 Å². The van der Waals surface area contributed by atoms with E-state index in [2.05, 4.69) is 34.5 Å². The number of hydrogen-bond donors (Lipinski definition) is 1. The molecule has 0 unspecified atom stereocenters. The number of ether oxygens (including phenoxy) is 1. The number of carbonyl (C=O) groups is 1. The van der Waals surface area contributed by atoms with E-state index >= 15 is 0 Å². The van der Waals surface area contributed by atoms with Crippen molar-refractivity contribution in [1.82, 2.24) is 5.32 Å². The molecule has 1 aliphatic rings. The monoisotopic (exact) mass is 366 g/mol. The Hall–Kier alpha value is -2.49. The molecule has 0 aromatic heterocycles. The van der Waals surface area contributed by atoms with E-state index in [-0.39, 0.29) is 5.91 Å². The third-order valence-corrected chi connectivity index (χ3v) is 5.17. The molecule has 3 rings (SSSR count). The first-order chi connectivity index (χ1) is 13.2. The Balaban J connectivity index is 1.42. The average molecular weight is 367 g/mol. The third-order valence-electron chi connectivity index (χ3n) is 5.17. The SMILES string of the molecule is COc1ccc(CC(=O)NCCc2ccc(N3CCCCCC3)cc2)cc1. The third kappa shape index (κ3) is 6.02. The van der Waals surface area contributed by atoms with Crippen LogP contribution >= 0.6 is 0 Å². The summed E-state index contributed by atoms with van der Waals surface area (Å²) < 4.78 is 5.14. The first-order valence-electron chi connectivity index (χ1n) is 9.98. The van der Waals surface area contributed by atoms with Gasteiger partial charge >= 0.3 is 0 Å². The van der Waals surface area contributed by atoms with Gasteiger partial charge in [-0.1, -0.05) is 37.1 Å². The van der Waals surface area contributed by atoms with Crippen LogP contribution in [0.1, 0.15) is 36.8 Å². The highest BCUT2D eigenvalue weighted by molar-refractivity contribution is 5.78. The van der Waals surface area contributed by atoms with Crippen LogP contribution in [0.3, 0.4) is 0 Å². The molecule has 0 bridgehead atoms. The summed E-state index contributed by atoms with van der Waals surface area (Å²) >= 11 is 0. The summed E-state index contributed by atoms with van der Waals surface area (Å²) in [5.74, 6) is 0.865. The van der Waals surface area contributed by atoms with Crippen LogP contribution in [0.2, 0.25) is 0 Å². The number of nitrogens with zero attached hydrogens (tertiary/aromatic N) is 1. The molecule has 1 fully saturated rings. The zero-order valence-corrected chi connectivity index (χ0v) is 16.2. The molecular weight excluding hydrogens is 336 g/mol. The predicted molar refractivity (Wildman–Crippen MR) is 111 cm³/mol. The fraction of sp³-hybridized carbons (Fsp3) is 0.435. The van der Waals surface area contributed by atoms with E-state index in [1.54, 1.807) is 7.11 Å². The Bertz CT molecular complexity index is 702. The second-order valence-corrected chi connectivity index (χ2v) is 7.19. The fourth-order valence-corrected chi connectivity index (χ4v) is 3.54. The molecular formula is C23H30N2O2. The normalized spacial score (nSPS) is 14.5. The van der Waals surface area contributed by atoms with Gasteiger partial charge in [-0.05, 0) is 54.7 Å². The number of nitrogens with one attached hydrogen (secondary N) is 1. The molecule has 27 heavy (non-hydrogen) atoms. The van der Waals surface area contributed by atoms with E-state index in [0.717, 1.165) is 17.7 Å². The molecule has 2 aromatic rings. The summed E-state index contributed by atoms with van der Waals surface area (Å²) in [5, 5.41) is 3.01. The first kappa shape index (κ1) is 19.3. The van der Waals surface area contributed by atoms with Crippen LogP contribution in [0.5, 0.6) is 5.75 Å². The molecule has 1 heterocycles. The lowest BCUT2D eigenvalue weighted by molar-refractivity contribution is -0.120. The van der Waals surface area contributed by atoms with E-state index < -0.39 is 0 Å². The Morgan fingerprint density at radius 2 is 1.56 bits per heavy atom. The molecule has 1 aliphatic heterocycles. The van der Waals surface area contributed by atoms with Crippen molar-refractivity contribution >= 4 is 11.6 Å². The van der Waals surface area contributed by atoms with Crippen LogP contribution in [-0.2, 0) is 17.6 Å². The molecule has 4 heteroatoms. The van der Waals surface area contributed by atoms with Crippen LogP contribution in [0.15, 0.2) is 48.5 Å². The van der Waals surface area contributed by atoms with Crippen LogP contribution in [-0.4, -0.2) is 32.7 Å². The lowest BCUT2D eigenvalue weighted by Crippen LogP contribution is -2.27. The van der Waals surface area contributed by atoms with Gasteiger partial charge in [0.2, 0.25) is 5.91 Å². The van der Waals surface area contributed by atoms with Crippen molar-refractivity contribution in [2.45, 2.75) is 38.5 Å². The van der Waals surface area contributed by atoms with Crippen molar-refractivity contribution in [3.63, 3.8) is 0 Å². The molecule has 1 N–H and O–H groups in total. The van der Waals surface area contributed by atoms with Gasteiger partial charge in [0.1, 0.15) is 5.75 Å². The summed E-state index contributed by atoms with van der Waals surface area (Å²) in [4.78, 5) is 14.6. The first-order valence-corrected chi connectivity index (χ1v) is 9.98. The summed E-state index contributed by atoms with van der Waals surface area (Å²) in [6.45, 7) is 3.00. The molecule has 0 aliphatic carbocycles. The van der Waals surface area contributed by atoms with E-state index in [1.807, 2.05) is 24.3 Å². The average Bonchev–Trinajstić information content (AvgIpc) is 2.99. The molecule has 0 radical (unpaired) electrons. The highest BCUT2D eigenvalue weighted by Gasteiger charge is 2.09. The van der Waals surface area contributed by atoms with Gasteiger partial charge in [0.05, 0.1) is 13.5 Å². The van der Waals surface area contributed by atoms with Gasteiger partial charge < -0.3 is 15.0 Å². The zero-order valence-electron chi connectivity index (χ0n) is 16.2. The number of rotatable bonds is 7. The van der Waals surface area contributed by atoms with Gasteiger partial charge in [0.15, 0.2) is 0 Å². The maximum Gasteiger partial charge on any atom is 0.224 e. The van der Waals surface area contributed by atoms with Crippen molar-refractivity contribution in [2.75, 3.05) is 31.6 Å². The molecule has 1 amide bonds. The number of carbonyl (C=O) groups excluding carboxylic acids is 1. The van der Waals surface area contributed by atoms with Crippen LogP contribution in [0, 0.1) is 0 Å². The van der Waals surface area contributed by atoms with E-state index in [4.69, 9.17) is 4.74 Å². The summed E-state index contributed by atoms with van der Waals surface area (Å²) in [6.07, 6.45) is 6.55. The Morgan fingerprint density at radius 3 is 2.19 bits per heavy atom. The van der Waals surface area contributed by atoms with E-state index in [0.29, 0.717) is 13.0 Å². The molecule has 4 nitrogen and oxygen atoms in total. The van der Waals surface area contributed by atoms with Crippen molar-refractivity contribution in [3.05, 3.63) is 59.7 Å². The van der Waals surface area contributed by atoms with Gasteiger partial charge in [0, 0.05) is 25.3 Å². The summed E-state index contributed by atoms with van der Waals surface area (Å²) in [6, 6.07) is 16.5. The molecule has 144 valence electrons. The van der Waals surface area contributed by atoms with Crippen molar-refractivity contribution in [2.24, 2.45) is 0 Å². The maximum absolute atomic E-state index is 12.1. The Labute approximate surface area is 162 Å². The molecule has 0 saturated carbocycles. The quantitative estimate of drug-likeness (QED) is 0.806. The molecule has 0 spiro atoms. The van der Waals surface area contributed by atoms with Gasteiger partial charge in [0.25, 0.3) is 0 Å². The Kier molecular flexibility index (Phi) is 7.14. The minimum atomic E-state index is 0.0568. The highest BCUT2D eigenvalue weighted by Crippen LogP contribution is 2.20. The standard InChI is InChI=1S/C23H30N2O2/c1-27-22-12-8-20(9-13-22)18-23(26)24-15-14-19-6-10-21(11-7-19)25-16-4-2-3-5-17-25/h6-13H,2-5,14-18H2,1H3,(H,24,26). The zero-order chi connectivity index (χ0) is 18.9. The lowest BCUT2D eigenvalue weighted by Gasteiger charge is -2.22. The van der Waals surface area contributed by atoms with E-state index in [9.17, 15) is 4.79 Å². The predicted octanol–water partition coefficient (Wildman–Crippen LogP) is 3.98. The minimum absolute atomic E-state index is 0.0568. The van der Waals surface area contributed by atoms with Gasteiger partial charge in [-0.15, -0.1) is 0 Å². The lowest BCUT2D eigenvalue weighted by atomic mass is 10.1. The molecule has 0 atom stereocenters. The number of anilines is 1. The minimum Gasteiger partial charge on any atom is -0.497 e. The van der Waals surface area contributed by atoms with Crippen LogP contribution < -0.4 is 15.0 Å². The van der Waals surface area contributed by atoms with Crippen molar-refractivity contribution < 1.29 is 9.53 Å². The number of methoxy groups -OCH3 is 1. The van der Waals surface area contributed by atoms with Crippen LogP contribution in [0.4, 0.5) is 5.69 Å². The number of amides is 1. The second kappa shape index (κ2) is 10.0. The van der Waals surface area contributed by atoms with Crippen molar-refractivity contribution in [1.29, 1.82) is 0 Å². The van der Waals surface area contributed by atoms with Gasteiger partial charge in [-0.3, -0.25) is 4.79 Å². The second-order valence-electron chi connectivity index (χ2n) is 7.19. The Morgan fingerprint density at radius 1 is 0.926 bits per heavy atom. The number of benzene rings is 2. The molecule has 2 aromatic carbocycles. The number of hydrogen-bond acceptors (Lipinski definition) is 3. The van der Waals surface area contributed by atoms with Crippen LogP contribution in [0.25, 0.3) is 0 Å². The highest BCUT2D eigenvalue weighted by atomic mass is 16.5. The maximum atomic E-state index is 12.1. The van der Waals surface area contributed by atoms with Gasteiger partial charge in [-0.25, -0.2) is 0 Å². The fourth-order valence-electron chi connectivity index (χ4n) is 3.54. The molecule has 1 saturated heterocycles. The smallest absolute Gasteiger partial charge is 0.224 e. The summed E-state index contributed by atoms with van der Waals surface area (Å²) in [5.41, 5.74) is 3.58. The van der Waals surface area contributed by atoms with E-state index in [1.165, 1.54) is 50.0 Å². The largest absolute Gasteiger partial charge is 0.497 e.